The highest BCUT2D eigenvalue weighted by Crippen LogP contribution is 2.39. The zero-order chi connectivity index (χ0) is 18.0. The SMILES string of the molecule is CCOC(=O)c1c(NC(=O)CN2C[C@@H](C)O[C@@H](C)C2)sc2c1CCC2. The first kappa shape index (κ1) is 18.4. The fourth-order valence-electron chi connectivity index (χ4n) is 3.69. The lowest BCUT2D eigenvalue weighted by atomic mass is 10.1. The van der Waals surface area contributed by atoms with Gasteiger partial charge < -0.3 is 14.8 Å². The first-order chi connectivity index (χ1) is 12.0. The van der Waals surface area contributed by atoms with Crippen molar-refractivity contribution in [1.29, 1.82) is 0 Å². The maximum atomic E-state index is 12.5. The molecule has 1 aromatic heterocycles. The van der Waals surface area contributed by atoms with Crippen molar-refractivity contribution in [3.05, 3.63) is 16.0 Å². The number of fused-ring (bicyclic) bond motifs is 1. The van der Waals surface area contributed by atoms with Crippen molar-refractivity contribution in [2.75, 3.05) is 31.6 Å². The van der Waals surface area contributed by atoms with Gasteiger partial charge in [0.1, 0.15) is 5.00 Å². The standard InChI is InChI=1S/C18H26N2O4S/c1-4-23-18(22)16-13-6-5-7-14(13)25-17(16)19-15(21)10-20-8-11(2)24-12(3)9-20/h11-12H,4-10H2,1-3H3,(H,19,21)/t11-,12+. The van der Waals surface area contributed by atoms with Crippen LogP contribution in [0.3, 0.4) is 0 Å². The molecular formula is C18H26N2O4S. The maximum absolute atomic E-state index is 12.5. The summed E-state index contributed by atoms with van der Waals surface area (Å²) in [5.74, 6) is -0.419. The molecule has 7 heteroatoms. The minimum atomic E-state index is -0.328. The van der Waals surface area contributed by atoms with E-state index in [1.165, 1.54) is 16.2 Å². The number of rotatable bonds is 5. The molecule has 0 saturated carbocycles. The van der Waals surface area contributed by atoms with E-state index in [-0.39, 0.29) is 24.1 Å². The number of hydrogen-bond donors (Lipinski definition) is 1. The summed E-state index contributed by atoms with van der Waals surface area (Å²) in [6, 6.07) is 0. The number of carbonyl (C=O) groups excluding carboxylic acids is 2. The summed E-state index contributed by atoms with van der Waals surface area (Å²) < 4.78 is 10.9. The van der Waals surface area contributed by atoms with Crippen molar-refractivity contribution in [2.45, 2.75) is 52.2 Å². The molecule has 0 bridgehead atoms. The summed E-state index contributed by atoms with van der Waals surface area (Å²) >= 11 is 1.52. The predicted molar refractivity (Wildman–Crippen MR) is 97.4 cm³/mol. The molecule has 2 aliphatic rings. The largest absolute Gasteiger partial charge is 0.462 e. The second-order valence-electron chi connectivity index (χ2n) is 6.78. The number of amides is 1. The molecule has 0 aromatic carbocycles. The van der Waals surface area contributed by atoms with Gasteiger partial charge in [0.05, 0.1) is 30.9 Å². The van der Waals surface area contributed by atoms with Crippen LogP contribution < -0.4 is 5.32 Å². The third kappa shape index (κ3) is 4.22. The summed E-state index contributed by atoms with van der Waals surface area (Å²) in [6.45, 7) is 7.95. The molecule has 2 heterocycles. The maximum Gasteiger partial charge on any atom is 0.341 e. The number of ether oxygens (including phenoxy) is 2. The number of thiophene rings is 1. The third-order valence-electron chi connectivity index (χ3n) is 4.52. The summed E-state index contributed by atoms with van der Waals surface area (Å²) in [6.07, 6.45) is 3.16. The molecule has 0 spiro atoms. The Labute approximate surface area is 152 Å². The van der Waals surface area contributed by atoms with Gasteiger partial charge in [0, 0.05) is 18.0 Å². The summed E-state index contributed by atoms with van der Waals surface area (Å²) in [7, 11) is 0. The fourth-order valence-corrected chi connectivity index (χ4v) is 4.99. The monoisotopic (exact) mass is 366 g/mol. The first-order valence-corrected chi connectivity index (χ1v) is 9.78. The Hall–Kier alpha value is -1.44. The second kappa shape index (κ2) is 7.85. The van der Waals surface area contributed by atoms with Gasteiger partial charge in [-0.2, -0.15) is 0 Å². The predicted octanol–water partition coefficient (Wildman–Crippen LogP) is 2.46. The number of nitrogens with zero attached hydrogens (tertiary/aromatic N) is 1. The van der Waals surface area contributed by atoms with Crippen molar-refractivity contribution in [3.63, 3.8) is 0 Å². The van der Waals surface area contributed by atoms with E-state index in [0.29, 0.717) is 23.7 Å². The Morgan fingerprint density at radius 2 is 2.00 bits per heavy atom. The van der Waals surface area contributed by atoms with Gasteiger partial charge in [-0.05, 0) is 45.6 Å². The molecular weight excluding hydrogens is 340 g/mol. The average molecular weight is 366 g/mol. The molecule has 1 aliphatic carbocycles. The van der Waals surface area contributed by atoms with E-state index in [2.05, 4.69) is 10.2 Å². The molecule has 1 aliphatic heterocycles. The Morgan fingerprint density at radius 3 is 2.68 bits per heavy atom. The Morgan fingerprint density at radius 1 is 1.28 bits per heavy atom. The number of carbonyl (C=O) groups is 2. The zero-order valence-electron chi connectivity index (χ0n) is 15.1. The van der Waals surface area contributed by atoms with Crippen LogP contribution in [0.25, 0.3) is 0 Å². The highest BCUT2D eigenvalue weighted by molar-refractivity contribution is 7.17. The van der Waals surface area contributed by atoms with Crippen molar-refractivity contribution in [3.8, 4) is 0 Å². The molecule has 138 valence electrons. The Kier molecular flexibility index (Phi) is 5.76. The highest BCUT2D eigenvalue weighted by atomic mass is 32.1. The molecule has 0 unspecified atom stereocenters. The van der Waals surface area contributed by atoms with Gasteiger partial charge in [0.15, 0.2) is 0 Å². The molecule has 2 atom stereocenters. The molecule has 0 radical (unpaired) electrons. The van der Waals surface area contributed by atoms with Crippen molar-refractivity contribution in [1.82, 2.24) is 4.90 Å². The van der Waals surface area contributed by atoms with E-state index in [9.17, 15) is 9.59 Å². The van der Waals surface area contributed by atoms with Crippen LogP contribution in [-0.2, 0) is 27.1 Å². The summed E-state index contributed by atoms with van der Waals surface area (Å²) in [5, 5.41) is 3.59. The van der Waals surface area contributed by atoms with Crippen LogP contribution in [0, 0.1) is 0 Å². The van der Waals surface area contributed by atoms with Crippen LogP contribution in [0.1, 0.15) is 48.0 Å². The van der Waals surface area contributed by atoms with E-state index < -0.39 is 0 Å². The Balaban J connectivity index is 1.70. The van der Waals surface area contributed by atoms with E-state index in [1.54, 1.807) is 6.92 Å². The highest BCUT2D eigenvalue weighted by Gasteiger charge is 2.29. The quantitative estimate of drug-likeness (QED) is 0.811. The molecule has 25 heavy (non-hydrogen) atoms. The molecule has 6 nitrogen and oxygen atoms in total. The van der Waals surface area contributed by atoms with Crippen molar-refractivity contribution in [2.24, 2.45) is 0 Å². The topological polar surface area (TPSA) is 67.9 Å². The fraction of sp³-hybridized carbons (Fsp3) is 0.667. The van der Waals surface area contributed by atoms with Crippen LogP contribution in [-0.4, -0.2) is 55.2 Å². The molecule has 1 saturated heterocycles. The molecule has 1 fully saturated rings. The van der Waals surface area contributed by atoms with Crippen LogP contribution >= 0.6 is 11.3 Å². The first-order valence-electron chi connectivity index (χ1n) is 8.97. The minimum absolute atomic E-state index is 0.0910. The smallest absolute Gasteiger partial charge is 0.341 e. The number of anilines is 1. The van der Waals surface area contributed by atoms with E-state index in [1.807, 2.05) is 13.8 Å². The van der Waals surface area contributed by atoms with Crippen molar-refractivity contribution >= 4 is 28.2 Å². The zero-order valence-corrected chi connectivity index (χ0v) is 15.9. The number of esters is 1. The molecule has 1 aromatic rings. The van der Waals surface area contributed by atoms with Gasteiger partial charge in [-0.3, -0.25) is 9.69 Å². The molecule has 1 N–H and O–H groups in total. The van der Waals surface area contributed by atoms with Gasteiger partial charge in [-0.15, -0.1) is 11.3 Å². The van der Waals surface area contributed by atoms with Gasteiger partial charge in [0.25, 0.3) is 0 Å². The lowest BCUT2D eigenvalue weighted by Crippen LogP contribution is -2.48. The van der Waals surface area contributed by atoms with Gasteiger partial charge >= 0.3 is 5.97 Å². The number of aryl methyl sites for hydroxylation is 1. The second-order valence-corrected chi connectivity index (χ2v) is 7.89. The Bertz CT molecular complexity index is 648. The minimum Gasteiger partial charge on any atom is -0.462 e. The molecule has 1 amide bonds. The van der Waals surface area contributed by atoms with Gasteiger partial charge in [0.2, 0.25) is 5.91 Å². The third-order valence-corrected chi connectivity index (χ3v) is 5.72. The average Bonchev–Trinajstić information content (AvgIpc) is 3.06. The lowest BCUT2D eigenvalue weighted by Gasteiger charge is -2.34. The van der Waals surface area contributed by atoms with Gasteiger partial charge in [-0.1, -0.05) is 0 Å². The van der Waals surface area contributed by atoms with Crippen LogP contribution in [0.4, 0.5) is 5.00 Å². The van der Waals surface area contributed by atoms with Crippen molar-refractivity contribution < 1.29 is 19.1 Å². The number of morpholine rings is 1. The van der Waals surface area contributed by atoms with E-state index in [0.717, 1.165) is 37.9 Å². The van der Waals surface area contributed by atoms with Crippen LogP contribution in [0.15, 0.2) is 0 Å². The van der Waals surface area contributed by atoms with Gasteiger partial charge in [-0.25, -0.2) is 4.79 Å². The molecule has 3 rings (SSSR count). The van der Waals surface area contributed by atoms with E-state index in [4.69, 9.17) is 9.47 Å². The number of hydrogen-bond acceptors (Lipinski definition) is 6. The lowest BCUT2D eigenvalue weighted by molar-refractivity contribution is -0.121. The van der Waals surface area contributed by atoms with Crippen LogP contribution in [0.2, 0.25) is 0 Å². The van der Waals surface area contributed by atoms with E-state index >= 15 is 0 Å². The summed E-state index contributed by atoms with van der Waals surface area (Å²) in [5.41, 5.74) is 1.63. The summed E-state index contributed by atoms with van der Waals surface area (Å²) in [4.78, 5) is 28.2. The van der Waals surface area contributed by atoms with Crippen LogP contribution in [0.5, 0.6) is 0 Å². The number of nitrogens with one attached hydrogen (secondary N) is 1. The normalized spacial score (nSPS) is 23.3.